The smallest absolute Gasteiger partial charge is 0.345 e. The van der Waals surface area contributed by atoms with Gasteiger partial charge in [-0.05, 0) is 38.2 Å². The number of anilines is 1. The van der Waals surface area contributed by atoms with E-state index in [-0.39, 0.29) is 24.1 Å². The van der Waals surface area contributed by atoms with Gasteiger partial charge in [-0.25, -0.2) is 9.78 Å². The Balaban J connectivity index is 0.00000392. The number of benzene rings is 1. The molecule has 0 saturated heterocycles. The fourth-order valence-corrected chi connectivity index (χ4v) is 2.87. The molecule has 2 aromatic rings. The van der Waals surface area contributed by atoms with Crippen molar-refractivity contribution in [2.24, 2.45) is 0 Å². The first-order chi connectivity index (χ1) is 13.0. The van der Waals surface area contributed by atoms with Gasteiger partial charge in [-0.3, -0.25) is 9.69 Å². The Morgan fingerprint density at radius 1 is 1.00 bits per heavy atom. The summed E-state index contributed by atoms with van der Waals surface area (Å²) in [6, 6.07) is 12.6. The van der Waals surface area contributed by atoms with Crippen LogP contribution in [0.25, 0.3) is 0 Å². The molecule has 1 aromatic heterocycles. The maximum atomic E-state index is 13.3. The SMILES string of the molecule is CCN(CC)CCN(C(=O)c1ccccc1OC(C)=O)c1cccc(C)[nH+]1.[Cl-]. The summed E-state index contributed by atoms with van der Waals surface area (Å²) in [5.74, 6) is 0.327. The molecular weight excluding hydrogens is 378 g/mol. The van der Waals surface area contributed by atoms with E-state index < -0.39 is 5.97 Å². The second kappa shape index (κ2) is 11.4. The molecule has 0 spiro atoms. The van der Waals surface area contributed by atoms with Gasteiger partial charge in [0.05, 0.1) is 5.69 Å². The summed E-state index contributed by atoms with van der Waals surface area (Å²) in [6.45, 7) is 10.6. The summed E-state index contributed by atoms with van der Waals surface area (Å²) in [4.78, 5) is 32.0. The maximum absolute atomic E-state index is 13.3. The molecule has 1 aromatic carbocycles. The van der Waals surface area contributed by atoms with Gasteiger partial charge in [0.25, 0.3) is 5.82 Å². The second-order valence-corrected chi connectivity index (χ2v) is 6.29. The number of aromatic nitrogens is 1. The minimum atomic E-state index is -0.452. The molecule has 6 nitrogen and oxygen atoms in total. The minimum absolute atomic E-state index is 0. The number of rotatable bonds is 8. The number of para-hydroxylation sites is 1. The van der Waals surface area contributed by atoms with E-state index in [0.29, 0.717) is 17.9 Å². The molecule has 1 amide bonds. The molecule has 0 aliphatic carbocycles. The summed E-state index contributed by atoms with van der Waals surface area (Å²) in [5.41, 5.74) is 1.32. The lowest BCUT2D eigenvalue weighted by atomic mass is 10.1. The van der Waals surface area contributed by atoms with Crippen LogP contribution in [0.1, 0.15) is 36.8 Å². The first-order valence-corrected chi connectivity index (χ1v) is 9.26. The molecule has 0 saturated carbocycles. The number of aryl methyl sites for hydroxylation is 1. The average Bonchev–Trinajstić information content (AvgIpc) is 2.65. The summed E-state index contributed by atoms with van der Waals surface area (Å²) in [7, 11) is 0. The molecule has 0 aliphatic heterocycles. The van der Waals surface area contributed by atoms with E-state index in [1.807, 2.05) is 25.1 Å². The zero-order valence-electron chi connectivity index (χ0n) is 16.9. The van der Waals surface area contributed by atoms with Crippen LogP contribution >= 0.6 is 0 Å². The molecule has 0 fully saturated rings. The van der Waals surface area contributed by atoms with Crippen molar-refractivity contribution in [3.63, 3.8) is 0 Å². The molecule has 0 unspecified atom stereocenters. The van der Waals surface area contributed by atoms with Gasteiger partial charge in [0, 0.05) is 19.5 Å². The summed E-state index contributed by atoms with van der Waals surface area (Å²) < 4.78 is 5.24. The number of hydrogen-bond acceptors (Lipinski definition) is 4. The van der Waals surface area contributed by atoms with Crippen LogP contribution in [-0.4, -0.2) is 43.0 Å². The predicted molar refractivity (Wildman–Crippen MR) is 105 cm³/mol. The van der Waals surface area contributed by atoms with E-state index >= 15 is 0 Å². The van der Waals surface area contributed by atoms with Crippen LogP contribution in [0.15, 0.2) is 42.5 Å². The van der Waals surface area contributed by atoms with Gasteiger partial charge in [-0.15, -0.1) is 0 Å². The third-order valence-corrected chi connectivity index (χ3v) is 4.37. The van der Waals surface area contributed by atoms with Gasteiger partial charge in [0.1, 0.15) is 17.9 Å². The molecule has 152 valence electrons. The number of carbonyl (C=O) groups is 2. The summed E-state index contributed by atoms with van der Waals surface area (Å²) in [6.07, 6.45) is 0. The third kappa shape index (κ3) is 6.32. The third-order valence-electron chi connectivity index (χ3n) is 4.37. The van der Waals surface area contributed by atoms with Gasteiger partial charge >= 0.3 is 11.9 Å². The van der Waals surface area contributed by atoms with Crippen LogP contribution in [0.3, 0.4) is 0 Å². The molecule has 0 atom stereocenters. The van der Waals surface area contributed by atoms with Gasteiger partial charge in [0.15, 0.2) is 0 Å². The fraction of sp³-hybridized carbons (Fsp3) is 0.381. The number of ether oxygens (including phenoxy) is 1. The number of esters is 1. The number of amides is 1. The lowest BCUT2D eigenvalue weighted by Crippen LogP contribution is -3.00. The predicted octanol–water partition coefficient (Wildman–Crippen LogP) is -0.273. The number of hydrogen-bond donors (Lipinski definition) is 0. The maximum Gasteiger partial charge on any atom is 0.345 e. The van der Waals surface area contributed by atoms with Crippen molar-refractivity contribution in [3.05, 3.63) is 53.7 Å². The highest BCUT2D eigenvalue weighted by Gasteiger charge is 2.29. The molecule has 0 radical (unpaired) electrons. The van der Waals surface area contributed by atoms with Crippen molar-refractivity contribution in [2.75, 3.05) is 31.1 Å². The van der Waals surface area contributed by atoms with Gasteiger partial charge in [0.2, 0.25) is 0 Å². The van der Waals surface area contributed by atoms with Crippen LogP contribution in [0.5, 0.6) is 5.75 Å². The molecule has 7 heteroatoms. The van der Waals surface area contributed by atoms with Crippen molar-refractivity contribution in [1.82, 2.24) is 4.90 Å². The van der Waals surface area contributed by atoms with Gasteiger partial charge < -0.3 is 17.1 Å². The zero-order chi connectivity index (χ0) is 19.8. The lowest BCUT2D eigenvalue weighted by Gasteiger charge is -2.21. The minimum Gasteiger partial charge on any atom is -1.00 e. The number of pyridine rings is 1. The van der Waals surface area contributed by atoms with Crippen molar-refractivity contribution < 1.29 is 31.7 Å². The molecule has 2 rings (SSSR count). The van der Waals surface area contributed by atoms with E-state index in [2.05, 4.69) is 23.7 Å². The van der Waals surface area contributed by atoms with Crippen molar-refractivity contribution in [3.8, 4) is 5.75 Å². The number of carbonyl (C=O) groups excluding carboxylic acids is 2. The number of H-pyrrole nitrogens is 1. The van der Waals surface area contributed by atoms with Gasteiger partial charge in [-0.2, -0.15) is 4.90 Å². The van der Waals surface area contributed by atoms with E-state index in [1.54, 1.807) is 29.2 Å². The first kappa shape index (κ1) is 23.6. The molecule has 28 heavy (non-hydrogen) atoms. The Hall–Kier alpha value is -2.44. The summed E-state index contributed by atoms with van der Waals surface area (Å²) >= 11 is 0. The highest BCUT2D eigenvalue weighted by atomic mass is 35.5. The van der Waals surface area contributed by atoms with Crippen molar-refractivity contribution in [2.45, 2.75) is 27.7 Å². The first-order valence-electron chi connectivity index (χ1n) is 9.26. The van der Waals surface area contributed by atoms with Crippen molar-refractivity contribution in [1.29, 1.82) is 0 Å². The molecule has 0 bridgehead atoms. The highest BCUT2D eigenvalue weighted by molar-refractivity contribution is 6.07. The number of halogens is 1. The quantitative estimate of drug-likeness (QED) is 0.448. The normalized spacial score (nSPS) is 10.3. The fourth-order valence-electron chi connectivity index (χ4n) is 2.87. The molecule has 1 heterocycles. The average molecular weight is 406 g/mol. The van der Waals surface area contributed by atoms with Crippen LogP contribution in [0, 0.1) is 6.92 Å². The molecule has 0 aliphatic rings. The Kier molecular flexibility index (Phi) is 9.62. The molecule has 1 N–H and O–H groups in total. The standard InChI is InChI=1S/C21H27N3O3.ClH/c1-5-23(6-2)14-15-24(20-13-9-10-16(3)22-20)21(26)18-11-7-8-12-19(18)27-17(4)25;/h7-13H,5-6,14-15H2,1-4H3;1H. The number of aromatic amines is 1. The van der Waals surface area contributed by atoms with E-state index in [9.17, 15) is 9.59 Å². The summed E-state index contributed by atoms with van der Waals surface area (Å²) in [5, 5.41) is 0. The Bertz CT molecular complexity index is 794. The zero-order valence-corrected chi connectivity index (χ0v) is 17.6. The number of nitrogens with zero attached hydrogens (tertiary/aromatic N) is 2. The van der Waals surface area contributed by atoms with Gasteiger partial charge in [-0.1, -0.05) is 32.0 Å². The van der Waals surface area contributed by atoms with Crippen LogP contribution in [0.2, 0.25) is 0 Å². The topological polar surface area (TPSA) is 64.0 Å². The van der Waals surface area contributed by atoms with E-state index in [4.69, 9.17) is 4.74 Å². The Labute approximate surface area is 172 Å². The van der Waals surface area contributed by atoms with Crippen molar-refractivity contribution >= 4 is 17.7 Å². The van der Waals surface area contributed by atoms with Crippen LogP contribution in [0.4, 0.5) is 5.82 Å². The van der Waals surface area contributed by atoms with E-state index in [1.165, 1.54) is 6.92 Å². The largest absolute Gasteiger partial charge is 1.00 e. The Morgan fingerprint density at radius 2 is 1.68 bits per heavy atom. The highest BCUT2D eigenvalue weighted by Crippen LogP contribution is 2.22. The lowest BCUT2D eigenvalue weighted by molar-refractivity contribution is -0.373. The second-order valence-electron chi connectivity index (χ2n) is 6.29. The van der Waals surface area contributed by atoms with Crippen LogP contribution in [-0.2, 0) is 4.79 Å². The Morgan fingerprint density at radius 3 is 2.29 bits per heavy atom. The van der Waals surface area contributed by atoms with E-state index in [0.717, 1.165) is 25.3 Å². The monoisotopic (exact) mass is 405 g/mol. The molecular formula is C21H28ClN3O3. The van der Waals surface area contributed by atoms with Crippen LogP contribution < -0.4 is 27.0 Å². The number of likely N-dealkylation sites (N-methyl/N-ethyl adjacent to an activating group) is 1. The number of nitrogens with one attached hydrogen (secondary N) is 1.